The number of hydrazone groups is 1. The Labute approximate surface area is 220 Å². The highest BCUT2D eigenvalue weighted by Crippen LogP contribution is 2.33. The maximum atomic E-state index is 12.7. The van der Waals surface area contributed by atoms with E-state index in [1.807, 2.05) is 50.4 Å². The fourth-order valence-electron chi connectivity index (χ4n) is 4.31. The lowest BCUT2D eigenvalue weighted by atomic mass is 9.95. The number of para-hydroxylation sites is 2. The molecule has 2 heterocycles. The number of aromatic nitrogens is 1. The average molecular weight is 520 g/mol. The Bertz CT molecular complexity index is 1430. The summed E-state index contributed by atoms with van der Waals surface area (Å²) >= 11 is 5.31. The molecule has 0 fully saturated rings. The quantitative estimate of drug-likeness (QED) is 0.181. The van der Waals surface area contributed by atoms with Crippen LogP contribution in [0.15, 0.2) is 64.9 Å². The van der Waals surface area contributed by atoms with Gasteiger partial charge in [-0.1, -0.05) is 36.4 Å². The number of carbonyl (C=O) groups excluding carboxylic acids is 2. The van der Waals surface area contributed by atoms with Gasteiger partial charge in [0.05, 0.1) is 24.4 Å². The zero-order valence-corrected chi connectivity index (χ0v) is 21.9. The zero-order valence-electron chi connectivity index (χ0n) is 21.1. The second-order valence-electron chi connectivity index (χ2n) is 8.49. The highest BCUT2D eigenvalue weighted by Gasteiger charge is 2.32. The molecule has 0 aliphatic carbocycles. The molecule has 0 bridgehead atoms. The Morgan fingerprint density at radius 3 is 2.68 bits per heavy atom. The lowest BCUT2D eigenvalue weighted by Gasteiger charge is -2.30. The van der Waals surface area contributed by atoms with Crippen LogP contribution >= 0.6 is 12.2 Å². The van der Waals surface area contributed by atoms with E-state index in [2.05, 4.69) is 25.7 Å². The molecular weight excluding hydrogens is 490 g/mol. The van der Waals surface area contributed by atoms with Crippen molar-refractivity contribution in [3.8, 4) is 5.75 Å². The molecule has 0 radical (unpaired) electrons. The van der Waals surface area contributed by atoms with Crippen LogP contribution in [0.2, 0.25) is 0 Å². The minimum Gasteiger partial charge on any atom is -0.483 e. The summed E-state index contributed by atoms with van der Waals surface area (Å²) in [7, 11) is 1.99. The molecule has 1 aliphatic heterocycles. The summed E-state index contributed by atoms with van der Waals surface area (Å²) in [5.74, 6) is -0.448. The Morgan fingerprint density at radius 1 is 1.16 bits per heavy atom. The summed E-state index contributed by atoms with van der Waals surface area (Å²) < 4.78 is 13.2. The van der Waals surface area contributed by atoms with Gasteiger partial charge in [0.15, 0.2) is 11.7 Å². The zero-order chi connectivity index (χ0) is 26.5. The fraction of sp³-hybridized carbons (Fsp3) is 0.259. The van der Waals surface area contributed by atoms with Gasteiger partial charge in [0, 0.05) is 40.5 Å². The molecule has 9 nitrogen and oxygen atoms in total. The van der Waals surface area contributed by atoms with E-state index in [1.165, 1.54) is 0 Å². The van der Waals surface area contributed by atoms with Crippen LogP contribution in [-0.4, -0.2) is 41.0 Å². The Kier molecular flexibility index (Phi) is 7.88. The van der Waals surface area contributed by atoms with Crippen LogP contribution in [0.1, 0.15) is 36.7 Å². The third-order valence-electron chi connectivity index (χ3n) is 6.18. The molecule has 0 saturated carbocycles. The number of carbonyl (C=O) groups is 2. The second kappa shape index (κ2) is 11.3. The number of hydrogen-bond acceptors (Lipinski definition) is 6. The van der Waals surface area contributed by atoms with Crippen LogP contribution in [0, 0.1) is 6.92 Å². The van der Waals surface area contributed by atoms with Crippen molar-refractivity contribution in [2.24, 2.45) is 12.1 Å². The molecule has 0 spiro atoms. The molecular formula is C27H29N5O4S. The first-order valence-corrected chi connectivity index (χ1v) is 12.3. The molecule has 1 atom stereocenters. The summed E-state index contributed by atoms with van der Waals surface area (Å²) in [4.78, 5) is 25.2. The van der Waals surface area contributed by atoms with Crippen molar-refractivity contribution in [2.75, 3.05) is 13.2 Å². The maximum absolute atomic E-state index is 12.7. The number of amides is 1. The number of fused-ring (bicyclic) bond motifs is 1. The topological polar surface area (TPSA) is 106 Å². The maximum Gasteiger partial charge on any atom is 0.338 e. The van der Waals surface area contributed by atoms with Crippen molar-refractivity contribution in [2.45, 2.75) is 26.8 Å². The van der Waals surface area contributed by atoms with Crippen LogP contribution in [-0.2, 0) is 21.4 Å². The van der Waals surface area contributed by atoms with Gasteiger partial charge >= 0.3 is 5.97 Å². The van der Waals surface area contributed by atoms with Crippen LogP contribution in [0.5, 0.6) is 5.75 Å². The third kappa shape index (κ3) is 5.49. The fourth-order valence-corrected chi connectivity index (χ4v) is 4.59. The molecule has 192 valence electrons. The SMILES string of the molecule is CCOC(=O)C1=C(C)NC(=S)N[C@H]1c1ccccc1OCC(=O)NN=Cc1c(C)n(C)c2ccccc12. The van der Waals surface area contributed by atoms with Crippen molar-refractivity contribution in [1.82, 2.24) is 20.6 Å². The van der Waals surface area contributed by atoms with Gasteiger partial charge in [-0.05, 0) is 45.1 Å². The lowest BCUT2D eigenvalue weighted by Crippen LogP contribution is -2.45. The summed E-state index contributed by atoms with van der Waals surface area (Å²) in [6, 6.07) is 14.6. The number of benzene rings is 2. The van der Waals surface area contributed by atoms with Gasteiger partial charge in [-0.3, -0.25) is 4.79 Å². The summed E-state index contributed by atoms with van der Waals surface area (Å²) in [5.41, 5.74) is 7.23. The van der Waals surface area contributed by atoms with Crippen molar-refractivity contribution in [1.29, 1.82) is 0 Å². The van der Waals surface area contributed by atoms with Crippen molar-refractivity contribution in [3.05, 3.63) is 76.6 Å². The van der Waals surface area contributed by atoms with Gasteiger partial charge in [0.25, 0.3) is 5.91 Å². The number of nitrogens with one attached hydrogen (secondary N) is 3. The Balaban J connectivity index is 1.47. The summed E-state index contributed by atoms with van der Waals surface area (Å²) in [6.07, 6.45) is 1.64. The summed E-state index contributed by atoms with van der Waals surface area (Å²) in [5, 5.41) is 11.7. The lowest BCUT2D eigenvalue weighted by molar-refractivity contribution is -0.139. The Morgan fingerprint density at radius 2 is 1.89 bits per heavy atom. The van der Waals surface area contributed by atoms with Gasteiger partial charge in [0.2, 0.25) is 0 Å². The van der Waals surface area contributed by atoms with E-state index in [9.17, 15) is 9.59 Å². The monoisotopic (exact) mass is 519 g/mol. The van der Waals surface area contributed by atoms with E-state index in [0.29, 0.717) is 27.7 Å². The van der Waals surface area contributed by atoms with E-state index in [-0.39, 0.29) is 13.2 Å². The molecule has 3 aromatic rings. The molecule has 1 aliphatic rings. The molecule has 3 N–H and O–H groups in total. The minimum atomic E-state index is -0.598. The number of thiocarbonyl (C=S) groups is 1. The van der Waals surface area contributed by atoms with Crippen LogP contribution < -0.4 is 20.8 Å². The first kappa shape index (κ1) is 25.9. The molecule has 10 heteroatoms. The predicted octanol–water partition coefficient (Wildman–Crippen LogP) is 3.37. The smallest absolute Gasteiger partial charge is 0.338 e. The number of aryl methyl sites for hydroxylation is 1. The van der Waals surface area contributed by atoms with Gasteiger partial charge in [-0.2, -0.15) is 5.10 Å². The van der Waals surface area contributed by atoms with E-state index < -0.39 is 17.9 Å². The van der Waals surface area contributed by atoms with Gasteiger partial charge < -0.3 is 24.7 Å². The summed E-state index contributed by atoms with van der Waals surface area (Å²) in [6.45, 7) is 5.49. The molecule has 1 amide bonds. The van der Waals surface area contributed by atoms with Gasteiger partial charge in [-0.15, -0.1) is 0 Å². The number of hydrogen-bond donors (Lipinski definition) is 3. The Hall–Kier alpha value is -4.18. The number of ether oxygens (including phenoxy) is 2. The standard InChI is InChI=1S/C27H29N5O4S/c1-5-35-26(34)24-16(2)29-27(37)30-25(24)19-11-7-9-13-22(19)36-15-23(33)31-28-14-20-17(3)32(4)21-12-8-6-10-18(20)21/h6-14,25H,5,15H2,1-4H3,(H,31,33)(H2,29,30,37)/t25-/m0/s1. The minimum absolute atomic E-state index is 0.240. The molecule has 1 aromatic heterocycles. The number of esters is 1. The first-order chi connectivity index (χ1) is 17.8. The van der Waals surface area contributed by atoms with Crippen LogP contribution in [0.3, 0.4) is 0 Å². The second-order valence-corrected chi connectivity index (χ2v) is 8.89. The van der Waals surface area contributed by atoms with Crippen molar-refractivity contribution < 1.29 is 19.1 Å². The van der Waals surface area contributed by atoms with E-state index in [0.717, 1.165) is 22.2 Å². The first-order valence-electron chi connectivity index (χ1n) is 11.8. The van der Waals surface area contributed by atoms with Crippen LogP contribution in [0.25, 0.3) is 10.9 Å². The molecule has 2 aromatic carbocycles. The van der Waals surface area contributed by atoms with Crippen molar-refractivity contribution >= 4 is 46.3 Å². The van der Waals surface area contributed by atoms with E-state index in [4.69, 9.17) is 21.7 Å². The van der Waals surface area contributed by atoms with Gasteiger partial charge in [-0.25, -0.2) is 10.2 Å². The number of nitrogens with zero attached hydrogens (tertiary/aromatic N) is 2. The number of rotatable bonds is 8. The highest BCUT2D eigenvalue weighted by atomic mass is 32.1. The van der Waals surface area contributed by atoms with Crippen LogP contribution in [0.4, 0.5) is 0 Å². The largest absolute Gasteiger partial charge is 0.483 e. The van der Waals surface area contributed by atoms with E-state index in [1.54, 1.807) is 32.2 Å². The normalized spacial score (nSPS) is 15.5. The molecule has 4 rings (SSSR count). The molecule has 37 heavy (non-hydrogen) atoms. The van der Waals surface area contributed by atoms with E-state index >= 15 is 0 Å². The third-order valence-corrected chi connectivity index (χ3v) is 6.40. The molecule has 0 unspecified atom stereocenters. The van der Waals surface area contributed by atoms with Crippen molar-refractivity contribution in [3.63, 3.8) is 0 Å². The van der Waals surface area contributed by atoms with Gasteiger partial charge in [0.1, 0.15) is 5.75 Å². The predicted molar refractivity (Wildman–Crippen MR) is 146 cm³/mol. The average Bonchev–Trinajstić information content (AvgIpc) is 3.12. The number of allylic oxidation sites excluding steroid dienone is 1. The highest BCUT2D eigenvalue weighted by molar-refractivity contribution is 7.80. The molecule has 0 saturated heterocycles.